The first-order chi connectivity index (χ1) is 12.0. The van der Waals surface area contributed by atoms with E-state index in [4.69, 9.17) is 9.47 Å². The molecule has 7 nitrogen and oxygen atoms in total. The summed E-state index contributed by atoms with van der Waals surface area (Å²) < 4.78 is 11.0. The Kier molecular flexibility index (Phi) is 6.11. The maximum Gasteiger partial charge on any atom is 0.271 e. The van der Waals surface area contributed by atoms with Crippen molar-refractivity contribution in [3.05, 3.63) is 70.8 Å². The average Bonchev–Trinajstić information content (AvgIpc) is 2.61. The summed E-state index contributed by atoms with van der Waals surface area (Å²) in [4.78, 5) is 22.7. The number of nitro groups is 1. The molecule has 0 aliphatic heterocycles. The molecule has 130 valence electrons. The molecule has 0 heterocycles. The molecule has 2 aromatic carbocycles. The van der Waals surface area contributed by atoms with Crippen LogP contribution in [0.4, 0.5) is 11.4 Å². The summed E-state index contributed by atoms with van der Waals surface area (Å²) >= 11 is 0. The number of benzene rings is 2. The number of nitro benzene ring substituents is 1. The van der Waals surface area contributed by atoms with Crippen LogP contribution in [0.1, 0.15) is 17.3 Å². The minimum Gasteiger partial charge on any atom is -0.490 e. The van der Waals surface area contributed by atoms with Crippen LogP contribution in [0.5, 0.6) is 11.5 Å². The topological polar surface area (TPSA) is 90.7 Å². The maximum atomic E-state index is 12.4. The molecule has 0 saturated heterocycles. The van der Waals surface area contributed by atoms with Crippen molar-refractivity contribution >= 4 is 17.3 Å². The molecule has 0 aromatic heterocycles. The Hall–Kier alpha value is -3.35. The Morgan fingerprint density at radius 1 is 1.24 bits per heavy atom. The highest BCUT2D eigenvalue weighted by atomic mass is 16.6. The van der Waals surface area contributed by atoms with Gasteiger partial charge in [-0.15, -0.1) is 0 Å². The molecular weight excluding hydrogens is 324 g/mol. The van der Waals surface area contributed by atoms with Gasteiger partial charge in [0.15, 0.2) is 11.5 Å². The number of nitrogens with zero attached hydrogens (tertiary/aromatic N) is 1. The summed E-state index contributed by atoms with van der Waals surface area (Å²) in [5, 5.41) is 13.4. The first-order valence-electron chi connectivity index (χ1n) is 7.61. The van der Waals surface area contributed by atoms with Gasteiger partial charge in [-0.1, -0.05) is 18.7 Å². The fourth-order valence-corrected chi connectivity index (χ4v) is 2.09. The Labute approximate surface area is 145 Å². The van der Waals surface area contributed by atoms with Crippen molar-refractivity contribution in [3.63, 3.8) is 0 Å². The molecule has 7 heteroatoms. The molecule has 0 atom stereocenters. The van der Waals surface area contributed by atoms with E-state index in [-0.39, 0.29) is 5.69 Å². The lowest BCUT2D eigenvalue weighted by atomic mass is 10.1. The summed E-state index contributed by atoms with van der Waals surface area (Å²) in [6, 6.07) is 10.5. The van der Waals surface area contributed by atoms with E-state index in [2.05, 4.69) is 11.9 Å². The number of non-ortho nitro benzene ring substituents is 1. The molecule has 25 heavy (non-hydrogen) atoms. The third-order valence-corrected chi connectivity index (χ3v) is 3.18. The number of rotatable bonds is 8. The molecule has 2 rings (SSSR count). The number of nitrogens with one attached hydrogen (secondary N) is 1. The van der Waals surface area contributed by atoms with Crippen molar-refractivity contribution in [3.8, 4) is 11.5 Å². The highest BCUT2D eigenvalue weighted by Gasteiger charge is 2.13. The lowest BCUT2D eigenvalue weighted by Crippen LogP contribution is -2.12. The normalized spacial score (nSPS) is 9.96. The summed E-state index contributed by atoms with van der Waals surface area (Å²) in [5.41, 5.74) is 0.589. The van der Waals surface area contributed by atoms with E-state index in [1.54, 1.807) is 30.3 Å². The van der Waals surface area contributed by atoms with Crippen molar-refractivity contribution in [2.24, 2.45) is 0 Å². The van der Waals surface area contributed by atoms with Crippen molar-refractivity contribution < 1.29 is 19.2 Å². The number of anilines is 1. The van der Waals surface area contributed by atoms with E-state index < -0.39 is 10.8 Å². The minimum atomic E-state index is -0.519. The third kappa shape index (κ3) is 4.81. The van der Waals surface area contributed by atoms with Gasteiger partial charge >= 0.3 is 0 Å². The van der Waals surface area contributed by atoms with Crippen molar-refractivity contribution in [2.45, 2.75) is 6.92 Å². The predicted octanol–water partition coefficient (Wildman–Crippen LogP) is 3.81. The zero-order valence-electron chi connectivity index (χ0n) is 13.7. The van der Waals surface area contributed by atoms with Gasteiger partial charge in [0.2, 0.25) is 0 Å². The van der Waals surface area contributed by atoms with Crippen LogP contribution in [-0.4, -0.2) is 24.0 Å². The van der Waals surface area contributed by atoms with Gasteiger partial charge in [0.25, 0.3) is 11.6 Å². The van der Waals surface area contributed by atoms with Crippen LogP contribution in [-0.2, 0) is 0 Å². The van der Waals surface area contributed by atoms with Gasteiger partial charge in [-0.25, -0.2) is 0 Å². The molecule has 0 bridgehead atoms. The number of carbonyl (C=O) groups is 1. The fraction of sp³-hybridized carbons (Fsp3) is 0.167. The molecule has 0 aliphatic carbocycles. The van der Waals surface area contributed by atoms with E-state index in [0.29, 0.717) is 36.0 Å². The molecule has 0 fully saturated rings. The van der Waals surface area contributed by atoms with Crippen LogP contribution in [0, 0.1) is 10.1 Å². The first kappa shape index (κ1) is 18.0. The zero-order valence-corrected chi connectivity index (χ0v) is 13.7. The fourth-order valence-electron chi connectivity index (χ4n) is 2.09. The number of hydrogen-bond donors (Lipinski definition) is 1. The third-order valence-electron chi connectivity index (χ3n) is 3.18. The monoisotopic (exact) mass is 342 g/mol. The van der Waals surface area contributed by atoms with Gasteiger partial charge in [-0.3, -0.25) is 14.9 Å². The molecule has 0 aliphatic rings. The Morgan fingerprint density at radius 2 is 2.04 bits per heavy atom. The number of amides is 1. The Balaban J connectivity index is 2.20. The summed E-state index contributed by atoms with van der Waals surface area (Å²) in [6.45, 7) is 6.15. The van der Waals surface area contributed by atoms with Gasteiger partial charge in [0.05, 0.1) is 11.5 Å². The quantitative estimate of drug-likeness (QED) is 0.447. The second kappa shape index (κ2) is 8.49. The lowest BCUT2D eigenvalue weighted by Gasteiger charge is -2.12. The standard InChI is InChI=1S/C18H18N2O5/c1-3-10-25-16-9-8-13(11-17(16)24-4-2)18(21)19-14-6-5-7-15(12-14)20(22)23/h3,5-9,11-12H,1,4,10H2,2H3,(H,19,21). The summed E-state index contributed by atoms with van der Waals surface area (Å²) in [5.74, 6) is 0.543. The molecule has 0 unspecified atom stereocenters. The maximum absolute atomic E-state index is 12.4. The van der Waals surface area contributed by atoms with Gasteiger partial charge in [0, 0.05) is 23.4 Å². The average molecular weight is 342 g/mol. The van der Waals surface area contributed by atoms with Crippen LogP contribution in [0.2, 0.25) is 0 Å². The Bertz CT molecular complexity index is 789. The smallest absolute Gasteiger partial charge is 0.271 e. The van der Waals surface area contributed by atoms with Crippen molar-refractivity contribution in [1.29, 1.82) is 0 Å². The van der Waals surface area contributed by atoms with Gasteiger partial charge < -0.3 is 14.8 Å². The molecule has 1 amide bonds. The van der Waals surface area contributed by atoms with E-state index in [0.717, 1.165) is 0 Å². The largest absolute Gasteiger partial charge is 0.490 e. The van der Waals surface area contributed by atoms with E-state index in [1.165, 1.54) is 18.2 Å². The summed E-state index contributed by atoms with van der Waals surface area (Å²) in [6.07, 6.45) is 1.61. The second-order valence-corrected chi connectivity index (χ2v) is 4.96. The Morgan fingerprint density at radius 3 is 2.72 bits per heavy atom. The zero-order chi connectivity index (χ0) is 18.2. The number of carbonyl (C=O) groups excluding carboxylic acids is 1. The van der Waals surface area contributed by atoms with Gasteiger partial charge in [0.1, 0.15) is 6.61 Å². The highest BCUT2D eigenvalue weighted by molar-refractivity contribution is 6.04. The molecule has 0 spiro atoms. The van der Waals surface area contributed by atoms with Crippen LogP contribution in [0.15, 0.2) is 55.1 Å². The molecular formula is C18H18N2O5. The summed E-state index contributed by atoms with van der Waals surface area (Å²) in [7, 11) is 0. The molecule has 0 saturated carbocycles. The molecule has 2 aromatic rings. The molecule has 0 radical (unpaired) electrons. The lowest BCUT2D eigenvalue weighted by molar-refractivity contribution is -0.384. The number of hydrogen-bond acceptors (Lipinski definition) is 5. The van der Waals surface area contributed by atoms with Crippen LogP contribution < -0.4 is 14.8 Å². The minimum absolute atomic E-state index is 0.0963. The SMILES string of the molecule is C=CCOc1ccc(C(=O)Nc2cccc([N+](=O)[O-])c2)cc1OCC. The molecule has 1 N–H and O–H groups in total. The van der Waals surface area contributed by atoms with Crippen molar-refractivity contribution in [2.75, 3.05) is 18.5 Å². The second-order valence-electron chi connectivity index (χ2n) is 4.96. The highest BCUT2D eigenvalue weighted by Crippen LogP contribution is 2.29. The van der Waals surface area contributed by atoms with E-state index in [1.807, 2.05) is 6.92 Å². The van der Waals surface area contributed by atoms with E-state index >= 15 is 0 Å². The van der Waals surface area contributed by atoms with Crippen LogP contribution in [0.3, 0.4) is 0 Å². The number of ether oxygens (including phenoxy) is 2. The van der Waals surface area contributed by atoms with Crippen LogP contribution in [0.25, 0.3) is 0 Å². The van der Waals surface area contributed by atoms with Crippen molar-refractivity contribution in [1.82, 2.24) is 0 Å². The predicted molar refractivity (Wildman–Crippen MR) is 94.4 cm³/mol. The van der Waals surface area contributed by atoms with E-state index in [9.17, 15) is 14.9 Å². The van der Waals surface area contributed by atoms with Gasteiger partial charge in [-0.2, -0.15) is 0 Å². The van der Waals surface area contributed by atoms with Gasteiger partial charge in [-0.05, 0) is 31.2 Å². The first-order valence-corrected chi connectivity index (χ1v) is 7.61. The van der Waals surface area contributed by atoms with Crippen LogP contribution >= 0.6 is 0 Å².